The first-order valence-corrected chi connectivity index (χ1v) is 14.7. The lowest BCUT2D eigenvalue weighted by atomic mass is 9.90. The zero-order valence-electron chi connectivity index (χ0n) is 25.3. The van der Waals surface area contributed by atoms with Gasteiger partial charge in [-0.2, -0.15) is 15.3 Å². The van der Waals surface area contributed by atoms with Gasteiger partial charge in [-0.1, -0.05) is 30.3 Å². The quantitative estimate of drug-likeness (QED) is 0.259. The zero-order valence-corrected chi connectivity index (χ0v) is 25.3. The van der Waals surface area contributed by atoms with E-state index < -0.39 is 0 Å². The number of rotatable bonds is 11. The van der Waals surface area contributed by atoms with Gasteiger partial charge in [0.15, 0.2) is 5.82 Å². The number of hydrogen-bond acceptors (Lipinski definition) is 9. The normalized spacial score (nSPS) is 16.1. The van der Waals surface area contributed by atoms with E-state index >= 15 is 0 Å². The summed E-state index contributed by atoms with van der Waals surface area (Å²) < 4.78 is 6.93. The first kappa shape index (κ1) is 30.4. The Morgan fingerprint density at radius 3 is 2.52 bits per heavy atom. The summed E-state index contributed by atoms with van der Waals surface area (Å²) in [5.74, 6) is 1.66. The Morgan fingerprint density at radius 1 is 1.07 bits per heavy atom. The highest BCUT2D eigenvalue weighted by Gasteiger charge is 2.31. The number of likely N-dealkylation sites (N-methyl/N-ethyl adjacent to an activating group) is 1. The standard InChI is InChI=1S/C32H38N10O2/c1-40(15-16-44-3)30-25(17-33)20-35-31(39-30)38-27-10-12-28(13-11-27)42(32(43)36-18-23-7-5-4-6-8-23)29-14-9-24(19-34-29)26-21-37-41(2)22-26/h4-9,14,19-22,27-28H,10-13,15-16,18H2,1-3H3,(H,36,43)(H,35,38,39)/t27-,28-. The number of urea groups is 1. The van der Waals surface area contributed by atoms with Crippen LogP contribution in [0.3, 0.4) is 0 Å². The lowest BCUT2D eigenvalue weighted by Crippen LogP contribution is -2.49. The highest BCUT2D eigenvalue weighted by Crippen LogP contribution is 2.30. The van der Waals surface area contributed by atoms with Gasteiger partial charge >= 0.3 is 6.03 Å². The summed E-state index contributed by atoms with van der Waals surface area (Å²) in [6, 6.07) is 15.9. The molecule has 228 valence electrons. The van der Waals surface area contributed by atoms with Crippen LogP contribution in [0, 0.1) is 11.3 Å². The number of amides is 2. The van der Waals surface area contributed by atoms with E-state index in [1.807, 2.05) is 67.7 Å². The largest absolute Gasteiger partial charge is 0.383 e. The molecule has 2 N–H and O–H groups in total. The van der Waals surface area contributed by atoms with Crippen molar-refractivity contribution >= 4 is 23.6 Å². The Balaban J connectivity index is 1.28. The maximum atomic E-state index is 13.7. The van der Waals surface area contributed by atoms with E-state index in [1.165, 1.54) is 0 Å². The second kappa shape index (κ2) is 14.4. The number of pyridine rings is 1. The number of carbonyl (C=O) groups is 1. The van der Waals surface area contributed by atoms with E-state index in [2.05, 4.69) is 31.8 Å². The molecular weight excluding hydrogens is 556 g/mol. The maximum absolute atomic E-state index is 13.7. The number of nitrogens with zero attached hydrogens (tertiary/aromatic N) is 8. The van der Waals surface area contributed by atoms with Gasteiger partial charge in [-0.3, -0.25) is 9.58 Å². The molecule has 4 aromatic rings. The molecule has 0 unspecified atom stereocenters. The zero-order chi connectivity index (χ0) is 30.9. The van der Waals surface area contributed by atoms with Crippen molar-refractivity contribution in [2.75, 3.05) is 42.4 Å². The number of nitrogens with one attached hydrogen (secondary N) is 2. The van der Waals surface area contributed by atoms with Crippen LogP contribution in [-0.4, -0.2) is 70.2 Å². The number of hydrogen-bond donors (Lipinski definition) is 2. The number of methoxy groups -OCH3 is 1. The fourth-order valence-electron chi connectivity index (χ4n) is 5.39. The van der Waals surface area contributed by atoms with Crippen LogP contribution in [0.25, 0.3) is 11.1 Å². The van der Waals surface area contributed by atoms with E-state index in [0.29, 0.717) is 42.8 Å². The monoisotopic (exact) mass is 594 g/mol. The van der Waals surface area contributed by atoms with E-state index in [0.717, 1.165) is 42.4 Å². The summed E-state index contributed by atoms with van der Waals surface area (Å²) in [4.78, 5) is 31.1. The molecule has 0 bridgehead atoms. The molecule has 1 aliphatic carbocycles. The SMILES string of the molecule is COCCN(C)c1nc(N[C@H]2CC[C@H](N(C(=O)NCc3ccccc3)c3ccc(-c4cnn(C)c4)cn3)CC2)ncc1C#N. The predicted molar refractivity (Wildman–Crippen MR) is 169 cm³/mol. The average Bonchev–Trinajstić information content (AvgIpc) is 3.50. The van der Waals surface area contributed by atoms with Crippen molar-refractivity contribution in [3.05, 3.63) is 78.4 Å². The van der Waals surface area contributed by atoms with Crippen LogP contribution >= 0.6 is 0 Å². The van der Waals surface area contributed by atoms with Gasteiger partial charge in [0.25, 0.3) is 0 Å². The van der Waals surface area contributed by atoms with Crippen LogP contribution in [0.2, 0.25) is 0 Å². The number of ether oxygens (including phenoxy) is 1. The molecule has 1 aromatic carbocycles. The molecule has 5 rings (SSSR count). The third kappa shape index (κ3) is 7.48. The molecule has 12 nitrogen and oxygen atoms in total. The molecule has 12 heteroatoms. The highest BCUT2D eigenvalue weighted by molar-refractivity contribution is 5.91. The molecule has 3 aromatic heterocycles. The minimum Gasteiger partial charge on any atom is -0.383 e. The summed E-state index contributed by atoms with van der Waals surface area (Å²) >= 11 is 0. The summed E-state index contributed by atoms with van der Waals surface area (Å²) in [7, 11) is 5.40. The number of carbonyl (C=O) groups excluding carboxylic acids is 1. The molecule has 3 heterocycles. The maximum Gasteiger partial charge on any atom is 0.323 e. The molecule has 1 aliphatic rings. The van der Waals surface area contributed by atoms with Gasteiger partial charge in [0.1, 0.15) is 17.5 Å². The predicted octanol–water partition coefficient (Wildman–Crippen LogP) is 4.37. The van der Waals surface area contributed by atoms with Crippen molar-refractivity contribution in [1.82, 2.24) is 30.0 Å². The Morgan fingerprint density at radius 2 is 1.86 bits per heavy atom. The third-order valence-electron chi connectivity index (χ3n) is 7.81. The first-order chi connectivity index (χ1) is 21.4. The molecule has 1 saturated carbocycles. The van der Waals surface area contributed by atoms with Crippen LogP contribution in [0.5, 0.6) is 0 Å². The lowest BCUT2D eigenvalue weighted by Gasteiger charge is -2.36. The van der Waals surface area contributed by atoms with Crippen molar-refractivity contribution in [1.29, 1.82) is 5.26 Å². The summed E-state index contributed by atoms with van der Waals surface area (Å²) in [6.45, 7) is 1.55. The summed E-state index contributed by atoms with van der Waals surface area (Å²) in [5, 5.41) is 20.4. The van der Waals surface area contributed by atoms with Crippen molar-refractivity contribution < 1.29 is 9.53 Å². The number of nitriles is 1. The average molecular weight is 595 g/mol. The van der Waals surface area contributed by atoms with Crippen LogP contribution in [0.4, 0.5) is 22.4 Å². The topological polar surface area (TPSA) is 137 Å². The molecule has 1 fully saturated rings. The van der Waals surface area contributed by atoms with Gasteiger partial charge in [0.05, 0.1) is 19.0 Å². The van der Waals surface area contributed by atoms with Gasteiger partial charge in [0.2, 0.25) is 5.95 Å². The first-order valence-electron chi connectivity index (χ1n) is 14.7. The Labute approximate surface area is 257 Å². The van der Waals surface area contributed by atoms with Crippen molar-refractivity contribution in [2.24, 2.45) is 7.05 Å². The highest BCUT2D eigenvalue weighted by atomic mass is 16.5. The van der Waals surface area contributed by atoms with Crippen LogP contribution in [0.1, 0.15) is 36.8 Å². The fraction of sp³-hybridized carbons (Fsp3) is 0.375. The molecule has 0 radical (unpaired) electrons. The minimum absolute atomic E-state index is 0.0295. The molecular formula is C32H38N10O2. The molecule has 0 saturated heterocycles. The summed E-state index contributed by atoms with van der Waals surface area (Å²) in [6.07, 6.45) is 10.3. The van der Waals surface area contributed by atoms with E-state index in [4.69, 9.17) is 9.72 Å². The lowest BCUT2D eigenvalue weighted by molar-refractivity contribution is 0.206. The number of aromatic nitrogens is 5. The number of aryl methyl sites for hydroxylation is 1. The van der Waals surface area contributed by atoms with Crippen molar-refractivity contribution in [2.45, 2.75) is 44.3 Å². The van der Waals surface area contributed by atoms with Crippen LogP contribution in [0.15, 0.2) is 67.3 Å². The van der Waals surface area contributed by atoms with Gasteiger partial charge in [-0.05, 0) is 43.4 Å². The number of anilines is 3. The second-order valence-corrected chi connectivity index (χ2v) is 10.9. The third-order valence-corrected chi connectivity index (χ3v) is 7.81. The molecule has 0 spiro atoms. The smallest absolute Gasteiger partial charge is 0.323 e. The van der Waals surface area contributed by atoms with E-state index in [1.54, 1.807) is 35.3 Å². The van der Waals surface area contributed by atoms with E-state index in [9.17, 15) is 10.1 Å². The minimum atomic E-state index is -0.175. The van der Waals surface area contributed by atoms with Gasteiger partial charge < -0.3 is 20.3 Å². The summed E-state index contributed by atoms with van der Waals surface area (Å²) in [5.41, 5.74) is 3.35. The van der Waals surface area contributed by atoms with Gasteiger partial charge in [-0.15, -0.1) is 0 Å². The van der Waals surface area contributed by atoms with Crippen molar-refractivity contribution in [3.8, 4) is 17.2 Å². The second-order valence-electron chi connectivity index (χ2n) is 10.9. The molecule has 2 amide bonds. The van der Waals surface area contributed by atoms with Crippen LogP contribution < -0.4 is 20.4 Å². The molecule has 44 heavy (non-hydrogen) atoms. The van der Waals surface area contributed by atoms with Crippen LogP contribution in [-0.2, 0) is 18.3 Å². The van der Waals surface area contributed by atoms with Gasteiger partial charge in [0, 0.05) is 69.9 Å². The Kier molecular flexibility index (Phi) is 9.99. The fourth-order valence-corrected chi connectivity index (χ4v) is 5.39. The Hall–Kier alpha value is -5.02. The number of benzene rings is 1. The van der Waals surface area contributed by atoms with E-state index in [-0.39, 0.29) is 18.1 Å². The molecule has 0 aliphatic heterocycles. The van der Waals surface area contributed by atoms with Crippen molar-refractivity contribution in [3.63, 3.8) is 0 Å². The Bertz CT molecular complexity index is 1560. The molecule has 0 atom stereocenters. The van der Waals surface area contributed by atoms with Gasteiger partial charge in [-0.25, -0.2) is 14.8 Å².